The minimum atomic E-state index is -0.279. The van der Waals surface area contributed by atoms with Crippen molar-refractivity contribution in [1.29, 1.82) is 0 Å². The van der Waals surface area contributed by atoms with Crippen molar-refractivity contribution in [1.82, 2.24) is 10.2 Å². The summed E-state index contributed by atoms with van der Waals surface area (Å²) in [5.74, 6) is -0.250. The maximum absolute atomic E-state index is 12.0. The van der Waals surface area contributed by atoms with Gasteiger partial charge in [0, 0.05) is 17.8 Å². The zero-order valence-electron chi connectivity index (χ0n) is 11.3. The Morgan fingerprint density at radius 2 is 2.06 bits per heavy atom. The molecule has 0 spiro atoms. The van der Waals surface area contributed by atoms with Crippen LogP contribution in [-0.2, 0) is 0 Å². The smallest absolute Gasteiger partial charge is 0.253 e. The van der Waals surface area contributed by atoms with Gasteiger partial charge in [0.25, 0.3) is 5.91 Å². The number of hydrogen-bond acceptors (Lipinski definition) is 4. The highest BCUT2D eigenvalue weighted by Crippen LogP contribution is 2.18. The summed E-state index contributed by atoms with van der Waals surface area (Å²) in [5, 5.41) is 12.2. The van der Waals surface area contributed by atoms with Gasteiger partial charge >= 0.3 is 0 Å². The molecule has 0 atom stereocenters. The van der Waals surface area contributed by atoms with Gasteiger partial charge in [0.15, 0.2) is 0 Å². The van der Waals surface area contributed by atoms with Crippen LogP contribution in [0.25, 0.3) is 0 Å². The number of phenols is 1. The molecule has 0 aromatic heterocycles. The van der Waals surface area contributed by atoms with E-state index >= 15 is 0 Å². The molecule has 1 amide bonds. The number of nitrogens with one attached hydrogen (secondary N) is 1. The van der Waals surface area contributed by atoms with Gasteiger partial charge in [0.2, 0.25) is 0 Å². The highest BCUT2D eigenvalue weighted by molar-refractivity contribution is 5.99. The van der Waals surface area contributed by atoms with Gasteiger partial charge in [0.1, 0.15) is 5.75 Å². The first kappa shape index (κ1) is 14.3. The van der Waals surface area contributed by atoms with Gasteiger partial charge in [-0.3, -0.25) is 4.79 Å². The van der Waals surface area contributed by atoms with Crippen LogP contribution in [0.2, 0.25) is 0 Å². The maximum atomic E-state index is 12.0. The van der Waals surface area contributed by atoms with E-state index in [9.17, 15) is 9.90 Å². The topological polar surface area (TPSA) is 78.6 Å². The molecule has 0 fully saturated rings. The molecule has 0 aliphatic carbocycles. The van der Waals surface area contributed by atoms with Crippen LogP contribution in [0.3, 0.4) is 0 Å². The Kier molecular flexibility index (Phi) is 4.19. The van der Waals surface area contributed by atoms with Crippen LogP contribution in [0.1, 0.15) is 24.2 Å². The third-order valence-corrected chi connectivity index (χ3v) is 3.17. The van der Waals surface area contributed by atoms with E-state index in [0.717, 1.165) is 0 Å². The van der Waals surface area contributed by atoms with Crippen LogP contribution >= 0.6 is 0 Å². The normalized spacial score (nSPS) is 11.6. The molecule has 0 heterocycles. The minimum Gasteiger partial charge on any atom is -0.508 e. The number of amides is 1. The van der Waals surface area contributed by atoms with E-state index < -0.39 is 0 Å². The average molecular weight is 251 g/mol. The molecule has 18 heavy (non-hydrogen) atoms. The second-order valence-corrected chi connectivity index (χ2v) is 5.16. The Morgan fingerprint density at radius 1 is 1.44 bits per heavy atom. The maximum Gasteiger partial charge on any atom is 0.253 e. The summed E-state index contributed by atoms with van der Waals surface area (Å²) in [6.07, 6.45) is 0. The number of nitrogens with zero attached hydrogens (tertiary/aromatic N) is 1. The third kappa shape index (κ3) is 3.37. The number of carbonyl (C=O) groups is 1. The lowest BCUT2D eigenvalue weighted by atomic mass is 10.0. The zero-order chi connectivity index (χ0) is 13.9. The van der Waals surface area contributed by atoms with Crippen LogP contribution in [-0.4, -0.2) is 42.1 Å². The molecule has 5 nitrogen and oxygen atoms in total. The molecule has 0 saturated carbocycles. The number of nitrogen functional groups attached to an aromatic ring is 1. The van der Waals surface area contributed by atoms with E-state index in [2.05, 4.69) is 5.32 Å². The number of likely N-dealkylation sites (N-methyl/N-ethyl adjacent to an activating group) is 1. The Labute approximate surface area is 108 Å². The highest BCUT2D eigenvalue weighted by atomic mass is 16.3. The van der Waals surface area contributed by atoms with Crippen molar-refractivity contribution < 1.29 is 9.90 Å². The molecule has 0 aliphatic heterocycles. The molecule has 0 unspecified atom stereocenters. The Bertz CT molecular complexity index is 442. The number of rotatable bonds is 4. The Morgan fingerprint density at radius 3 is 2.61 bits per heavy atom. The van der Waals surface area contributed by atoms with Gasteiger partial charge in [-0.2, -0.15) is 0 Å². The van der Waals surface area contributed by atoms with Crippen molar-refractivity contribution in [2.45, 2.75) is 19.4 Å². The molecular formula is C13H21N3O2. The molecule has 0 saturated heterocycles. The molecule has 0 radical (unpaired) electrons. The molecule has 1 rings (SSSR count). The number of benzene rings is 1. The molecule has 100 valence electrons. The second-order valence-electron chi connectivity index (χ2n) is 5.16. The minimum absolute atomic E-state index is 0.0289. The number of carbonyl (C=O) groups excluding carboxylic acids is 1. The number of hydrogen-bond donors (Lipinski definition) is 3. The third-order valence-electron chi connectivity index (χ3n) is 3.17. The molecular weight excluding hydrogens is 230 g/mol. The first-order valence-corrected chi connectivity index (χ1v) is 5.78. The van der Waals surface area contributed by atoms with Crippen LogP contribution < -0.4 is 11.1 Å². The van der Waals surface area contributed by atoms with E-state index in [4.69, 9.17) is 5.73 Å². The van der Waals surface area contributed by atoms with Crippen molar-refractivity contribution in [3.8, 4) is 5.75 Å². The fraction of sp³-hybridized carbons (Fsp3) is 0.462. The van der Waals surface area contributed by atoms with Crippen molar-refractivity contribution in [3.63, 3.8) is 0 Å². The number of anilines is 1. The number of aromatic hydroxyl groups is 1. The fourth-order valence-corrected chi connectivity index (χ4v) is 1.29. The van der Waals surface area contributed by atoms with Crippen molar-refractivity contribution in [3.05, 3.63) is 23.8 Å². The van der Waals surface area contributed by atoms with Crippen LogP contribution in [0.15, 0.2) is 18.2 Å². The quantitative estimate of drug-likeness (QED) is 0.552. The summed E-state index contributed by atoms with van der Waals surface area (Å²) in [6, 6.07) is 4.34. The van der Waals surface area contributed by atoms with E-state index in [-0.39, 0.29) is 17.2 Å². The second kappa shape index (κ2) is 5.27. The molecule has 4 N–H and O–H groups in total. The van der Waals surface area contributed by atoms with Gasteiger partial charge in [-0.05, 0) is 46.1 Å². The molecule has 0 aliphatic rings. The fourth-order valence-electron chi connectivity index (χ4n) is 1.29. The molecule has 0 bridgehead atoms. The summed E-state index contributed by atoms with van der Waals surface area (Å²) in [7, 11) is 3.91. The largest absolute Gasteiger partial charge is 0.508 e. The van der Waals surface area contributed by atoms with E-state index in [1.165, 1.54) is 18.2 Å². The monoisotopic (exact) mass is 251 g/mol. The van der Waals surface area contributed by atoms with Crippen LogP contribution in [0, 0.1) is 0 Å². The standard InChI is InChI=1S/C13H21N3O2/c1-13(2,16(3)4)8-15-12(18)10-7-9(17)5-6-11(10)14/h5-7,17H,8,14H2,1-4H3,(H,15,18). The zero-order valence-corrected chi connectivity index (χ0v) is 11.3. The van der Waals surface area contributed by atoms with Crippen molar-refractivity contribution in [2.75, 3.05) is 26.4 Å². The van der Waals surface area contributed by atoms with Gasteiger partial charge < -0.3 is 21.1 Å². The number of phenolic OH excluding ortho intramolecular Hbond substituents is 1. The van der Waals surface area contributed by atoms with Crippen LogP contribution in [0.5, 0.6) is 5.75 Å². The predicted molar refractivity (Wildman–Crippen MR) is 72.6 cm³/mol. The van der Waals surface area contributed by atoms with Crippen molar-refractivity contribution >= 4 is 11.6 Å². The summed E-state index contributed by atoms with van der Waals surface area (Å²) in [5.41, 5.74) is 6.21. The van der Waals surface area contributed by atoms with Gasteiger partial charge in [-0.25, -0.2) is 0 Å². The highest BCUT2D eigenvalue weighted by Gasteiger charge is 2.22. The van der Waals surface area contributed by atoms with Gasteiger partial charge in [0.05, 0.1) is 5.56 Å². The summed E-state index contributed by atoms with van der Waals surface area (Å²) < 4.78 is 0. The number of nitrogens with two attached hydrogens (primary N) is 1. The lowest BCUT2D eigenvalue weighted by molar-refractivity contribution is 0.0920. The van der Waals surface area contributed by atoms with E-state index in [1.807, 2.05) is 32.8 Å². The van der Waals surface area contributed by atoms with Gasteiger partial charge in [-0.15, -0.1) is 0 Å². The van der Waals surface area contributed by atoms with E-state index in [0.29, 0.717) is 17.8 Å². The lowest BCUT2D eigenvalue weighted by Gasteiger charge is -2.32. The molecule has 5 heteroatoms. The lowest BCUT2D eigenvalue weighted by Crippen LogP contribution is -2.48. The summed E-state index contributed by atoms with van der Waals surface area (Å²) in [6.45, 7) is 4.55. The van der Waals surface area contributed by atoms with Crippen LogP contribution in [0.4, 0.5) is 5.69 Å². The van der Waals surface area contributed by atoms with E-state index in [1.54, 1.807) is 0 Å². The first-order chi connectivity index (χ1) is 8.24. The average Bonchev–Trinajstić information content (AvgIpc) is 2.29. The van der Waals surface area contributed by atoms with Gasteiger partial charge in [-0.1, -0.05) is 0 Å². The first-order valence-electron chi connectivity index (χ1n) is 5.78. The summed E-state index contributed by atoms with van der Waals surface area (Å²) >= 11 is 0. The summed E-state index contributed by atoms with van der Waals surface area (Å²) in [4.78, 5) is 14.0. The van der Waals surface area contributed by atoms with Crippen molar-refractivity contribution in [2.24, 2.45) is 0 Å². The Hall–Kier alpha value is -1.75. The predicted octanol–water partition coefficient (Wildman–Crippen LogP) is 1.04. The Balaban J connectivity index is 2.75. The SMILES string of the molecule is CN(C)C(C)(C)CNC(=O)c1cc(O)ccc1N. The molecule has 1 aromatic rings. The molecule has 1 aromatic carbocycles.